The lowest BCUT2D eigenvalue weighted by Gasteiger charge is -2.13. The topological polar surface area (TPSA) is 81.7 Å². The number of urea groups is 1. The van der Waals surface area contributed by atoms with E-state index in [2.05, 4.69) is 15.5 Å². The third kappa shape index (κ3) is 3.63. The van der Waals surface area contributed by atoms with Crippen LogP contribution in [0.1, 0.15) is 18.4 Å². The van der Waals surface area contributed by atoms with Crippen molar-refractivity contribution in [2.45, 2.75) is 19.3 Å². The maximum absolute atomic E-state index is 11.7. The maximum atomic E-state index is 11.7. The first-order valence-electron chi connectivity index (χ1n) is 6.67. The van der Waals surface area contributed by atoms with E-state index in [1.807, 2.05) is 25.2 Å². The van der Waals surface area contributed by atoms with Crippen molar-refractivity contribution in [3.05, 3.63) is 23.8 Å². The van der Waals surface area contributed by atoms with E-state index in [-0.39, 0.29) is 12.5 Å². The lowest BCUT2D eigenvalue weighted by atomic mass is 10.1. The van der Waals surface area contributed by atoms with Crippen LogP contribution < -0.4 is 15.5 Å². The van der Waals surface area contributed by atoms with Gasteiger partial charge in [-0.2, -0.15) is 0 Å². The number of carboxylic acids is 1. The molecule has 108 valence electrons. The third-order valence-electron chi connectivity index (χ3n) is 3.32. The summed E-state index contributed by atoms with van der Waals surface area (Å²) in [4.78, 5) is 24.2. The standard InChI is InChI=1S/C14H19N3O3/c1-17-8-6-10-4-5-11(9-12(10)17)16-14(20)15-7-2-3-13(18)19/h4-5,9H,2-3,6-8H2,1H3,(H,18,19)(H2,15,16,20). The minimum atomic E-state index is -0.853. The number of rotatable bonds is 5. The number of nitrogens with one attached hydrogen (secondary N) is 2. The van der Waals surface area contributed by atoms with Crippen LogP contribution in [0, 0.1) is 0 Å². The number of hydrogen-bond donors (Lipinski definition) is 3. The van der Waals surface area contributed by atoms with Gasteiger partial charge in [0, 0.05) is 37.9 Å². The highest BCUT2D eigenvalue weighted by Gasteiger charge is 2.16. The van der Waals surface area contributed by atoms with Gasteiger partial charge in [0.05, 0.1) is 0 Å². The maximum Gasteiger partial charge on any atom is 0.319 e. The van der Waals surface area contributed by atoms with Crippen LogP contribution in [-0.2, 0) is 11.2 Å². The number of amides is 2. The summed E-state index contributed by atoms with van der Waals surface area (Å²) in [6.45, 7) is 1.35. The van der Waals surface area contributed by atoms with E-state index < -0.39 is 5.97 Å². The minimum absolute atomic E-state index is 0.0594. The summed E-state index contributed by atoms with van der Waals surface area (Å²) >= 11 is 0. The van der Waals surface area contributed by atoms with Gasteiger partial charge in [-0.3, -0.25) is 4.79 Å². The highest BCUT2D eigenvalue weighted by Crippen LogP contribution is 2.29. The summed E-state index contributed by atoms with van der Waals surface area (Å²) in [6.07, 6.45) is 1.52. The summed E-state index contributed by atoms with van der Waals surface area (Å²) in [5.41, 5.74) is 3.18. The second-order valence-electron chi connectivity index (χ2n) is 4.89. The van der Waals surface area contributed by atoms with Crippen LogP contribution in [0.3, 0.4) is 0 Å². The van der Waals surface area contributed by atoms with Gasteiger partial charge in [0.1, 0.15) is 0 Å². The van der Waals surface area contributed by atoms with Crippen molar-refractivity contribution in [2.75, 3.05) is 30.4 Å². The summed E-state index contributed by atoms with van der Waals surface area (Å²) in [7, 11) is 2.03. The van der Waals surface area contributed by atoms with E-state index in [1.165, 1.54) is 5.56 Å². The molecule has 0 saturated heterocycles. The molecule has 0 spiro atoms. The lowest BCUT2D eigenvalue weighted by Crippen LogP contribution is -2.29. The molecule has 0 bridgehead atoms. The Kier molecular flexibility index (Phi) is 4.45. The van der Waals surface area contributed by atoms with Crippen LogP contribution in [0.15, 0.2) is 18.2 Å². The molecule has 3 N–H and O–H groups in total. The highest BCUT2D eigenvalue weighted by molar-refractivity contribution is 5.90. The summed E-state index contributed by atoms with van der Waals surface area (Å²) in [5.74, 6) is -0.853. The fourth-order valence-corrected chi connectivity index (χ4v) is 2.23. The Morgan fingerprint density at radius 3 is 2.95 bits per heavy atom. The van der Waals surface area contributed by atoms with Crippen molar-refractivity contribution in [3.63, 3.8) is 0 Å². The third-order valence-corrected chi connectivity index (χ3v) is 3.32. The summed E-state index contributed by atoms with van der Waals surface area (Å²) in [6, 6.07) is 5.56. The first-order chi connectivity index (χ1) is 9.56. The highest BCUT2D eigenvalue weighted by atomic mass is 16.4. The normalized spacial score (nSPS) is 12.9. The Bertz CT molecular complexity index is 516. The van der Waals surface area contributed by atoms with Gasteiger partial charge in [0.2, 0.25) is 0 Å². The zero-order chi connectivity index (χ0) is 14.5. The van der Waals surface area contributed by atoms with E-state index in [9.17, 15) is 9.59 Å². The molecule has 0 fully saturated rings. The smallest absolute Gasteiger partial charge is 0.319 e. The number of hydrogen-bond acceptors (Lipinski definition) is 3. The number of carbonyl (C=O) groups is 2. The van der Waals surface area contributed by atoms with Crippen molar-refractivity contribution in [1.29, 1.82) is 0 Å². The van der Waals surface area contributed by atoms with Crippen molar-refractivity contribution >= 4 is 23.4 Å². The average Bonchev–Trinajstić information content (AvgIpc) is 2.76. The molecule has 20 heavy (non-hydrogen) atoms. The number of aliphatic carboxylic acids is 1. The molecular formula is C14H19N3O3. The van der Waals surface area contributed by atoms with Crippen molar-refractivity contribution in [1.82, 2.24) is 5.32 Å². The van der Waals surface area contributed by atoms with Gasteiger partial charge in [-0.25, -0.2) is 4.79 Å². The first kappa shape index (κ1) is 14.2. The van der Waals surface area contributed by atoms with E-state index in [4.69, 9.17) is 5.11 Å². The van der Waals surface area contributed by atoms with Gasteiger partial charge in [-0.1, -0.05) is 6.07 Å². The number of benzene rings is 1. The van der Waals surface area contributed by atoms with Gasteiger partial charge in [-0.05, 0) is 30.5 Å². The summed E-state index contributed by atoms with van der Waals surface area (Å²) in [5, 5.41) is 13.9. The number of carbonyl (C=O) groups excluding carboxylic acids is 1. The largest absolute Gasteiger partial charge is 0.481 e. The monoisotopic (exact) mass is 277 g/mol. The zero-order valence-corrected chi connectivity index (χ0v) is 11.5. The SMILES string of the molecule is CN1CCc2ccc(NC(=O)NCCCC(=O)O)cc21. The van der Waals surface area contributed by atoms with E-state index in [0.29, 0.717) is 13.0 Å². The van der Waals surface area contributed by atoms with Gasteiger partial charge in [-0.15, -0.1) is 0 Å². The Labute approximate surface area is 117 Å². The molecule has 1 aliphatic rings. The van der Waals surface area contributed by atoms with E-state index in [1.54, 1.807) is 0 Å². The molecule has 2 rings (SSSR count). The number of likely N-dealkylation sites (N-methyl/N-ethyl adjacent to an activating group) is 1. The molecule has 0 aromatic heterocycles. The molecule has 0 unspecified atom stereocenters. The number of carboxylic acid groups (broad SMARTS) is 1. The molecule has 1 aromatic carbocycles. The molecule has 6 heteroatoms. The number of fused-ring (bicyclic) bond motifs is 1. The fourth-order valence-electron chi connectivity index (χ4n) is 2.23. The van der Waals surface area contributed by atoms with Crippen molar-refractivity contribution in [3.8, 4) is 0 Å². The molecule has 0 saturated carbocycles. The Morgan fingerprint density at radius 1 is 1.40 bits per heavy atom. The molecule has 1 aromatic rings. The molecule has 2 amide bonds. The molecular weight excluding hydrogens is 258 g/mol. The second kappa shape index (κ2) is 6.27. The molecule has 1 heterocycles. The second-order valence-corrected chi connectivity index (χ2v) is 4.89. The van der Waals surface area contributed by atoms with Crippen LogP contribution in [-0.4, -0.2) is 37.2 Å². The van der Waals surface area contributed by atoms with Gasteiger partial charge < -0.3 is 20.6 Å². The van der Waals surface area contributed by atoms with Gasteiger partial charge >= 0.3 is 12.0 Å². The lowest BCUT2D eigenvalue weighted by molar-refractivity contribution is -0.137. The predicted octanol–water partition coefficient (Wildman–Crippen LogP) is 1.67. The first-order valence-corrected chi connectivity index (χ1v) is 6.67. The van der Waals surface area contributed by atoms with E-state index in [0.717, 1.165) is 24.3 Å². The van der Waals surface area contributed by atoms with Gasteiger partial charge in [0.15, 0.2) is 0 Å². The molecule has 1 aliphatic heterocycles. The van der Waals surface area contributed by atoms with Crippen molar-refractivity contribution < 1.29 is 14.7 Å². The zero-order valence-electron chi connectivity index (χ0n) is 11.5. The average molecular weight is 277 g/mol. The Morgan fingerprint density at radius 2 is 2.20 bits per heavy atom. The molecule has 0 aliphatic carbocycles. The predicted molar refractivity (Wildman–Crippen MR) is 77.3 cm³/mol. The molecule has 6 nitrogen and oxygen atoms in total. The summed E-state index contributed by atoms with van der Waals surface area (Å²) < 4.78 is 0. The van der Waals surface area contributed by atoms with Crippen LogP contribution in [0.5, 0.6) is 0 Å². The fraction of sp³-hybridized carbons (Fsp3) is 0.429. The Hall–Kier alpha value is -2.24. The van der Waals surface area contributed by atoms with Crippen LogP contribution in [0.25, 0.3) is 0 Å². The minimum Gasteiger partial charge on any atom is -0.481 e. The van der Waals surface area contributed by atoms with Crippen molar-refractivity contribution in [2.24, 2.45) is 0 Å². The molecule has 0 radical (unpaired) electrons. The number of anilines is 2. The Balaban J connectivity index is 1.83. The van der Waals surface area contributed by atoms with Crippen LogP contribution in [0.2, 0.25) is 0 Å². The van der Waals surface area contributed by atoms with Crippen LogP contribution in [0.4, 0.5) is 16.2 Å². The van der Waals surface area contributed by atoms with Crippen LogP contribution >= 0.6 is 0 Å². The quantitative estimate of drug-likeness (QED) is 0.715. The van der Waals surface area contributed by atoms with E-state index >= 15 is 0 Å². The molecule has 0 atom stereocenters. The van der Waals surface area contributed by atoms with Gasteiger partial charge in [0.25, 0.3) is 0 Å². The number of nitrogens with zero attached hydrogens (tertiary/aromatic N) is 1.